The van der Waals surface area contributed by atoms with Crippen LogP contribution >= 0.6 is 0 Å². The molecule has 0 aromatic heterocycles. The molecule has 3 rings (SSSR count). The van der Waals surface area contributed by atoms with Crippen LogP contribution in [0.25, 0.3) is 11.1 Å². The van der Waals surface area contributed by atoms with Crippen LogP contribution in [0.4, 0.5) is 0 Å². The molecule has 2 heteroatoms. The monoisotopic (exact) mass is 408 g/mol. The van der Waals surface area contributed by atoms with Crippen LogP contribution in [0, 0.1) is 0 Å². The average molecular weight is 409 g/mol. The molecule has 2 aromatic carbocycles. The molecule has 1 aliphatic carbocycles. The van der Waals surface area contributed by atoms with Crippen LogP contribution in [0.3, 0.4) is 0 Å². The van der Waals surface area contributed by atoms with Crippen LogP contribution in [-0.2, 0) is 23.7 Å². The minimum atomic E-state index is -1.76. The van der Waals surface area contributed by atoms with Crippen LogP contribution < -0.4 is 0 Å². The summed E-state index contributed by atoms with van der Waals surface area (Å²) >= 11 is 0. The molecule has 2 aromatic rings. The van der Waals surface area contributed by atoms with Crippen molar-refractivity contribution in [2.75, 3.05) is 0 Å². The first-order chi connectivity index (χ1) is 13.7. The number of fused-ring (bicyclic) bond motifs is 1. The van der Waals surface area contributed by atoms with E-state index in [0.717, 1.165) is 12.8 Å². The van der Waals surface area contributed by atoms with Crippen molar-refractivity contribution in [2.24, 2.45) is 0 Å². The normalized spacial score (nSPS) is 16.8. The van der Waals surface area contributed by atoms with Gasteiger partial charge in [0.1, 0.15) is 0 Å². The zero-order valence-corrected chi connectivity index (χ0v) is 20.5. The van der Waals surface area contributed by atoms with Gasteiger partial charge in [0.2, 0.25) is 0 Å². The Morgan fingerprint density at radius 3 is 2.24 bits per heavy atom. The molecule has 1 aliphatic rings. The fourth-order valence-electron chi connectivity index (χ4n) is 4.30. The Bertz CT molecular complexity index is 801. The fourth-order valence-corrected chi connectivity index (χ4v) is 5.65. The lowest BCUT2D eigenvalue weighted by atomic mass is 9.91. The van der Waals surface area contributed by atoms with Crippen molar-refractivity contribution >= 4 is 8.32 Å². The van der Waals surface area contributed by atoms with Gasteiger partial charge in [-0.2, -0.15) is 0 Å². The number of rotatable bonds is 8. The highest BCUT2D eigenvalue weighted by Crippen LogP contribution is 2.41. The summed E-state index contributed by atoms with van der Waals surface area (Å²) in [5, 5.41) is 0.257. The molecule has 0 unspecified atom stereocenters. The second-order valence-electron chi connectivity index (χ2n) is 10.3. The molecular weight excluding hydrogens is 368 g/mol. The minimum absolute atomic E-state index is 0.257. The number of hydrogen-bond donors (Lipinski definition) is 0. The smallest absolute Gasteiger partial charge is 0.192 e. The van der Waals surface area contributed by atoms with Gasteiger partial charge in [-0.15, -0.1) is 0 Å². The lowest BCUT2D eigenvalue weighted by molar-refractivity contribution is 0.191. The van der Waals surface area contributed by atoms with E-state index in [-0.39, 0.29) is 5.04 Å². The topological polar surface area (TPSA) is 9.23 Å². The molecule has 0 aliphatic heterocycles. The van der Waals surface area contributed by atoms with Gasteiger partial charge in [0.15, 0.2) is 8.32 Å². The average Bonchev–Trinajstić information content (AvgIpc) is 3.08. The molecule has 0 N–H and O–H groups in total. The van der Waals surface area contributed by atoms with E-state index in [9.17, 15) is 0 Å². The first kappa shape index (κ1) is 22.3. The molecule has 0 amide bonds. The van der Waals surface area contributed by atoms with Gasteiger partial charge in [0.05, 0.1) is 6.10 Å². The second-order valence-corrected chi connectivity index (χ2v) is 15.1. The third kappa shape index (κ3) is 5.21. The maximum atomic E-state index is 6.87. The summed E-state index contributed by atoms with van der Waals surface area (Å²) in [6, 6.07) is 15.7. The molecule has 0 radical (unpaired) electrons. The highest BCUT2D eigenvalue weighted by molar-refractivity contribution is 6.74. The number of benzene rings is 2. The van der Waals surface area contributed by atoms with Gasteiger partial charge in [-0.25, -0.2) is 0 Å². The summed E-state index contributed by atoms with van der Waals surface area (Å²) in [7, 11) is -1.76. The third-order valence-electron chi connectivity index (χ3n) is 7.04. The number of unbranched alkanes of at least 4 members (excludes halogenated alkanes) is 3. The summed E-state index contributed by atoms with van der Waals surface area (Å²) in [4.78, 5) is 0. The first-order valence-corrected chi connectivity index (χ1v) is 14.5. The van der Waals surface area contributed by atoms with Crippen molar-refractivity contribution in [3.8, 4) is 11.1 Å². The Balaban J connectivity index is 1.88. The molecule has 0 saturated heterocycles. The van der Waals surface area contributed by atoms with Crippen molar-refractivity contribution in [3.63, 3.8) is 0 Å². The Morgan fingerprint density at radius 2 is 1.59 bits per heavy atom. The summed E-state index contributed by atoms with van der Waals surface area (Å²) in [5.74, 6) is 0. The summed E-state index contributed by atoms with van der Waals surface area (Å²) < 4.78 is 6.87. The zero-order chi connectivity index (χ0) is 21.1. The van der Waals surface area contributed by atoms with Gasteiger partial charge in [0.25, 0.3) is 0 Å². The van der Waals surface area contributed by atoms with E-state index >= 15 is 0 Å². The molecule has 0 bridgehead atoms. The van der Waals surface area contributed by atoms with Crippen molar-refractivity contribution in [1.82, 2.24) is 0 Å². The molecule has 29 heavy (non-hydrogen) atoms. The van der Waals surface area contributed by atoms with Crippen LogP contribution in [0.5, 0.6) is 0 Å². The van der Waals surface area contributed by atoms with Gasteiger partial charge in [-0.1, -0.05) is 89.4 Å². The van der Waals surface area contributed by atoms with E-state index in [1.54, 1.807) is 16.7 Å². The summed E-state index contributed by atoms with van der Waals surface area (Å²) in [5.41, 5.74) is 7.46. The van der Waals surface area contributed by atoms with E-state index in [0.29, 0.717) is 6.10 Å². The van der Waals surface area contributed by atoms with E-state index in [4.69, 9.17) is 4.43 Å². The maximum absolute atomic E-state index is 6.87. The maximum Gasteiger partial charge on any atom is 0.192 e. The predicted octanol–water partition coefficient (Wildman–Crippen LogP) is 7.97. The molecule has 1 nitrogen and oxygen atoms in total. The van der Waals surface area contributed by atoms with Gasteiger partial charge >= 0.3 is 0 Å². The molecule has 0 heterocycles. The van der Waals surface area contributed by atoms with Crippen molar-refractivity contribution in [2.45, 2.75) is 96.9 Å². The number of hydrogen-bond acceptors (Lipinski definition) is 1. The molecule has 0 spiro atoms. The highest BCUT2D eigenvalue weighted by atomic mass is 28.4. The Hall–Kier alpha value is -1.38. The Morgan fingerprint density at radius 1 is 0.897 bits per heavy atom. The molecule has 0 saturated carbocycles. The van der Waals surface area contributed by atoms with Crippen LogP contribution in [-0.4, -0.2) is 14.4 Å². The quantitative estimate of drug-likeness (QED) is 0.318. The van der Waals surface area contributed by atoms with Crippen LogP contribution in [0.1, 0.15) is 70.1 Å². The van der Waals surface area contributed by atoms with Crippen LogP contribution in [0.2, 0.25) is 18.1 Å². The first-order valence-electron chi connectivity index (χ1n) is 11.6. The summed E-state index contributed by atoms with van der Waals surface area (Å²) in [6.45, 7) is 14.1. The van der Waals surface area contributed by atoms with E-state index < -0.39 is 8.32 Å². The molecule has 0 fully saturated rings. The Kier molecular flexibility index (Phi) is 7.06. The predicted molar refractivity (Wildman–Crippen MR) is 129 cm³/mol. The minimum Gasteiger partial charge on any atom is -0.413 e. The van der Waals surface area contributed by atoms with Crippen molar-refractivity contribution in [3.05, 3.63) is 59.2 Å². The van der Waals surface area contributed by atoms with Gasteiger partial charge in [-0.05, 0) is 71.6 Å². The van der Waals surface area contributed by atoms with Gasteiger partial charge in [-0.3, -0.25) is 0 Å². The number of aryl methyl sites for hydroxylation is 1. The van der Waals surface area contributed by atoms with Crippen molar-refractivity contribution in [1.29, 1.82) is 0 Å². The Labute approximate surface area is 180 Å². The lowest BCUT2D eigenvalue weighted by Gasteiger charge is -2.38. The van der Waals surface area contributed by atoms with E-state index in [1.165, 1.54) is 43.2 Å². The second kappa shape index (κ2) is 9.18. The fraction of sp³-hybridized carbons (Fsp3) is 0.556. The SMILES string of the molecule is CCCCCCc1ccc(-c2ccccc2)c2c1C[C@@H](O[Si](C)(C)C(C)(C)C)C2. The van der Waals surface area contributed by atoms with Crippen LogP contribution in [0.15, 0.2) is 42.5 Å². The van der Waals surface area contributed by atoms with Crippen molar-refractivity contribution < 1.29 is 4.43 Å². The molecular formula is C27H40OSi. The molecule has 158 valence electrons. The van der Waals surface area contributed by atoms with Gasteiger partial charge in [0, 0.05) is 0 Å². The third-order valence-corrected chi connectivity index (χ3v) is 11.6. The van der Waals surface area contributed by atoms with Gasteiger partial charge < -0.3 is 4.43 Å². The standard InChI is InChI=1S/C27H40OSi/c1-7-8-9-11-16-22-17-18-24(21-14-12-10-13-15-21)26-20-23(19-25(22)26)28-29(5,6)27(2,3)4/h10,12-15,17-18,23H,7-9,11,16,19-20H2,1-6H3/t23-/m1/s1. The van der Waals surface area contributed by atoms with E-state index in [2.05, 4.69) is 83.3 Å². The highest BCUT2D eigenvalue weighted by Gasteiger charge is 2.40. The zero-order valence-electron chi connectivity index (χ0n) is 19.5. The largest absolute Gasteiger partial charge is 0.413 e. The molecule has 1 atom stereocenters. The van der Waals surface area contributed by atoms with E-state index in [1.807, 2.05) is 0 Å². The summed E-state index contributed by atoms with van der Waals surface area (Å²) in [6.07, 6.45) is 9.00. The lowest BCUT2D eigenvalue weighted by Crippen LogP contribution is -2.44.